The van der Waals surface area contributed by atoms with Gasteiger partial charge in [-0.25, -0.2) is 0 Å². The zero-order chi connectivity index (χ0) is 15.2. The Kier molecular flexibility index (Phi) is 4.99. The second-order valence-corrected chi connectivity index (χ2v) is 5.38. The summed E-state index contributed by atoms with van der Waals surface area (Å²) in [5, 5.41) is 14.0. The van der Waals surface area contributed by atoms with Crippen LogP contribution in [0.5, 0.6) is 5.75 Å². The number of hydrogen-bond acceptors (Lipinski definition) is 4. The first-order valence-corrected chi connectivity index (χ1v) is 7.20. The molecule has 2 rings (SSSR count). The average molecular weight is 319 g/mol. The topological polar surface area (TPSA) is 62.1 Å². The number of nitrogens with zero attached hydrogens (tertiary/aromatic N) is 1. The normalized spacial score (nSPS) is 10.8. The molecule has 106 valence electrons. The molecule has 0 fully saturated rings. The fourth-order valence-corrected chi connectivity index (χ4v) is 2.52. The van der Waals surface area contributed by atoms with Crippen LogP contribution in [-0.4, -0.2) is 13.0 Å². The molecule has 6 heteroatoms. The fourth-order valence-electron chi connectivity index (χ4n) is 1.61. The van der Waals surface area contributed by atoms with Gasteiger partial charge in [0.2, 0.25) is 0 Å². The number of benzene rings is 1. The highest BCUT2D eigenvalue weighted by Gasteiger charge is 2.11. The van der Waals surface area contributed by atoms with E-state index >= 15 is 0 Å². The molecule has 1 heterocycles. The van der Waals surface area contributed by atoms with Gasteiger partial charge in [0.15, 0.2) is 0 Å². The van der Waals surface area contributed by atoms with Crippen LogP contribution >= 0.6 is 22.9 Å². The monoisotopic (exact) mass is 318 g/mol. The van der Waals surface area contributed by atoms with E-state index in [4.69, 9.17) is 21.6 Å². The summed E-state index contributed by atoms with van der Waals surface area (Å²) < 4.78 is 5.04. The van der Waals surface area contributed by atoms with Crippen molar-refractivity contribution in [3.05, 3.63) is 51.2 Å². The number of rotatable bonds is 4. The first-order chi connectivity index (χ1) is 10.1. The van der Waals surface area contributed by atoms with Crippen LogP contribution in [0.3, 0.4) is 0 Å². The van der Waals surface area contributed by atoms with Crippen LogP contribution in [0.25, 0.3) is 6.08 Å². The smallest absolute Gasteiger partial charge is 0.266 e. The van der Waals surface area contributed by atoms with Gasteiger partial charge < -0.3 is 10.1 Å². The zero-order valence-corrected chi connectivity index (χ0v) is 12.7. The molecule has 2 aromatic rings. The van der Waals surface area contributed by atoms with Crippen molar-refractivity contribution in [1.29, 1.82) is 5.26 Å². The maximum Gasteiger partial charge on any atom is 0.266 e. The van der Waals surface area contributed by atoms with Crippen LogP contribution in [0.4, 0.5) is 5.69 Å². The molecule has 0 bridgehead atoms. The highest BCUT2D eigenvalue weighted by Crippen LogP contribution is 2.27. The van der Waals surface area contributed by atoms with Crippen LogP contribution < -0.4 is 10.1 Å². The van der Waals surface area contributed by atoms with Crippen molar-refractivity contribution in [3.8, 4) is 11.8 Å². The van der Waals surface area contributed by atoms with Crippen molar-refractivity contribution in [3.63, 3.8) is 0 Å². The SMILES string of the molecule is COc1ccc(NC(=O)C(C#N)=Cc2cccs2)cc1Cl. The zero-order valence-electron chi connectivity index (χ0n) is 11.1. The van der Waals surface area contributed by atoms with Crippen molar-refractivity contribution in [2.75, 3.05) is 12.4 Å². The number of ether oxygens (including phenoxy) is 1. The highest BCUT2D eigenvalue weighted by molar-refractivity contribution is 7.10. The van der Waals surface area contributed by atoms with E-state index in [1.54, 1.807) is 24.3 Å². The van der Waals surface area contributed by atoms with Crippen molar-refractivity contribution in [1.82, 2.24) is 0 Å². The number of amides is 1. The third kappa shape index (κ3) is 3.85. The van der Waals surface area contributed by atoms with E-state index in [1.165, 1.54) is 18.4 Å². The molecule has 1 amide bonds. The molecular formula is C15H11ClN2O2S. The molecule has 1 aromatic heterocycles. The number of halogens is 1. The average Bonchev–Trinajstić information content (AvgIpc) is 2.98. The van der Waals surface area contributed by atoms with Crippen LogP contribution in [-0.2, 0) is 4.79 Å². The Morgan fingerprint density at radius 1 is 1.48 bits per heavy atom. The van der Waals surface area contributed by atoms with Gasteiger partial charge in [-0.05, 0) is 35.7 Å². The first kappa shape index (κ1) is 15.1. The van der Waals surface area contributed by atoms with E-state index < -0.39 is 5.91 Å². The van der Waals surface area contributed by atoms with Crippen molar-refractivity contribution >= 4 is 40.6 Å². The number of carbonyl (C=O) groups is 1. The fraction of sp³-hybridized carbons (Fsp3) is 0.0667. The molecule has 0 saturated carbocycles. The number of nitriles is 1. The Hall–Kier alpha value is -2.29. The maximum absolute atomic E-state index is 12.1. The van der Waals surface area contributed by atoms with E-state index in [2.05, 4.69) is 5.32 Å². The predicted octanol–water partition coefficient (Wildman–Crippen LogP) is 3.96. The summed E-state index contributed by atoms with van der Waals surface area (Å²) in [4.78, 5) is 12.9. The molecule has 0 unspecified atom stereocenters. The predicted molar refractivity (Wildman–Crippen MR) is 84.5 cm³/mol. The van der Waals surface area contributed by atoms with Gasteiger partial charge in [0.25, 0.3) is 5.91 Å². The molecule has 0 atom stereocenters. The number of nitrogens with one attached hydrogen (secondary N) is 1. The third-order valence-electron chi connectivity index (χ3n) is 2.60. The molecule has 0 saturated heterocycles. The van der Waals surface area contributed by atoms with Gasteiger partial charge in [0.1, 0.15) is 17.4 Å². The van der Waals surface area contributed by atoms with Crippen LogP contribution in [0.1, 0.15) is 4.88 Å². The summed E-state index contributed by atoms with van der Waals surface area (Å²) >= 11 is 7.44. The summed E-state index contributed by atoms with van der Waals surface area (Å²) in [7, 11) is 1.51. The van der Waals surface area contributed by atoms with Crippen LogP contribution in [0.15, 0.2) is 41.3 Å². The van der Waals surface area contributed by atoms with E-state index in [0.717, 1.165) is 4.88 Å². The van der Waals surface area contributed by atoms with Crippen molar-refractivity contribution in [2.45, 2.75) is 0 Å². The molecule has 1 N–H and O–H groups in total. The second-order valence-electron chi connectivity index (χ2n) is 3.99. The third-order valence-corrected chi connectivity index (χ3v) is 3.72. The lowest BCUT2D eigenvalue weighted by molar-refractivity contribution is -0.112. The Morgan fingerprint density at radius 2 is 2.29 bits per heavy atom. The summed E-state index contributed by atoms with van der Waals surface area (Å²) in [6.45, 7) is 0. The molecule has 1 aromatic carbocycles. The number of carbonyl (C=O) groups excluding carboxylic acids is 1. The van der Waals surface area contributed by atoms with Gasteiger partial charge in [-0.15, -0.1) is 11.3 Å². The number of hydrogen-bond donors (Lipinski definition) is 1. The number of methoxy groups -OCH3 is 1. The van der Waals surface area contributed by atoms with Crippen molar-refractivity contribution in [2.24, 2.45) is 0 Å². The minimum atomic E-state index is -0.480. The summed E-state index contributed by atoms with van der Waals surface area (Å²) in [5.74, 6) is 0.0384. The minimum Gasteiger partial charge on any atom is -0.495 e. The van der Waals surface area contributed by atoms with E-state index in [1.807, 2.05) is 23.6 Å². The Labute approximate surface area is 131 Å². The lowest BCUT2D eigenvalue weighted by Gasteiger charge is -2.07. The summed E-state index contributed by atoms with van der Waals surface area (Å²) in [6, 6.07) is 10.5. The van der Waals surface area contributed by atoms with Crippen LogP contribution in [0, 0.1) is 11.3 Å². The molecule has 0 aliphatic carbocycles. The molecule has 0 aliphatic heterocycles. The standard InChI is InChI=1S/C15H11ClN2O2S/c1-20-14-5-4-11(8-13(14)16)18-15(19)10(9-17)7-12-3-2-6-21-12/h2-8H,1H3,(H,18,19). The Balaban J connectivity index is 2.17. The molecule has 0 aliphatic rings. The van der Waals surface area contributed by atoms with Gasteiger partial charge in [0.05, 0.1) is 12.1 Å². The van der Waals surface area contributed by atoms with Gasteiger partial charge in [0, 0.05) is 10.6 Å². The Bertz CT molecular complexity index is 718. The summed E-state index contributed by atoms with van der Waals surface area (Å²) in [6.07, 6.45) is 1.55. The minimum absolute atomic E-state index is 0.0318. The van der Waals surface area contributed by atoms with E-state index in [9.17, 15) is 4.79 Å². The highest BCUT2D eigenvalue weighted by atomic mass is 35.5. The molecule has 0 spiro atoms. The van der Waals surface area contributed by atoms with Crippen LogP contribution in [0.2, 0.25) is 5.02 Å². The first-order valence-electron chi connectivity index (χ1n) is 5.94. The maximum atomic E-state index is 12.1. The summed E-state index contributed by atoms with van der Waals surface area (Å²) in [5.41, 5.74) is 0.530. The lowest BCUT2D eigenvalue weighted by Crippen LogP contribution is -2.13. The van der Waals surface area contributed by atoms with Crippen molar-refractivity contribution < 1.29 is 9.53 Å². The molecule has 4 nitrogen and oxygen atoms in total. The second kappa shape index (κ2) is 6.93. The number of anilines is 1. The van der Waals surface area contributed by atoms with Gasteiger partial charge in [-0.1, -0.05) is 17.7 Å². The quantitative estimate of drug-likeness (QED) is 0.685. The van der Waals surface area contributed by atoms with E-state index in [-0.39, 0.29) is 5.57 Å². The lowest BCUT2D eigenvalue weighted by atomic mass is 10.2. The molecule has 0 radical (unpaired) electrons. The largest absolute Gasteiger partial charge is 0.495 e. The van der Waals surface area contributed by atoms with Gasteiger partial charge in [-0.3, -0.25) is 4.79 Å². The van der Waals surface area contributed by atoms with Gasteiger partial charge in [-0.2, -0.15) is 5.26 Å². The molecular weight excluding hydrogens is 308 g/mol. The number of thiophene rings is 1. The van der Waals surface area contributed by atoms with Gasteiger partial charge >= 0.3 is 0 Å². The van der Waals surface area contributed by atoms with E-state index in [0.29, 0.717) is 16.5 Å². The Morgan fingerprint density at radius 3 is 2.86 bits per heavy atom. The molecule has 21 heavy (non-hydrogen) atoms.